The Kier molecular flexibility index (Phi) is 4.83. The largest absolute Gasteiger partial charge is 0.491 e. The van der Waals surface area contributed by atoms with E-state index in [9.17, 15) is 0 Å². The van der Waals surface area contributed by atoms with E-state index in [0.29, 0.717) is 12.1 Å². The molecular weight excluding hydrogens is 202 g/mol. The summed E-state index contributed by atoms with van der Waals surface area (Å²) >= 11 is 0. The maximum Gasteiger partial charge on any atom is 0.119 e. The molecule has 0 heterocycles. The van der Waals surface area contributed by atoms with Gasteiger partial charge in [-0.25, -0.2) is 0 Å². The lowest BCUT2D eigenvalue weighted by atomic mass is 10.1. The zero-order valence-electron chi connectivity index (χ0n) is 10.1. The highest BCUT2D eigenvalue weighted by molar-refractivity contribution is 6.00. The van der Waals surface area contributed by atoms with Crippen molar-refractivity contribution in [2.45, 2.75) is 39.7 Å². The predicted molar refractivity (Wildman–Crippen MR) is 65.4 cm³/mol. The van der Waals surface area contributed by atoms with Crippen molar-refractivity contribution in [1.29, 1.82) is 0 Å². The Morgan fingerprint density at radius 3 is 2.38 bits per heavy atom. The van der Waals surface area contributed by atoms with E-state index in [1.165, 1.54) is 0 Å². The van der Waals surface area contributed by atoms with Crippen LogP contribution in [0.25, 0.3) is 0 Å². The SMILES string of the molecule is CC/C(=N\O)c1ccc(OC(C)CC)cc1. The number of ether oxygens (including phenoxy) is 1. The summed E-state index contributed by atoms with van der Waals surface area (Å²) in [5.74, 6) is 0.853. The van der Waals surface area contributed by atoms with Crippen LogP contribution in [0.4, 0.5) is 0 Å². The highest BCUT2D eigenvalue weighted by Crippen LogP contribution is 2.16. The molecule has 1 aromatic carbocycles. The molecule has 1 N–H and O–H groups in total. The van der Waals surface area contributed by atoms with E-state index in [-0.39, 0.29) is 6.10 Å². The molecule has 1 rings (SSSR count). The molecule has 3 heteroatoms. The smallest absolute Gasteiger partial charge is 0.119 e. The van der Waals surface area contributed by atoms with Gasteiger partial charge < -0.3 is 9.94 Å². The van der Waals surface area contributed by atoms with E-state index in [2.05, 4.69) is 12.1 Å². The first-order valence-corrected chi connectivity index (χ1v) is 5.69. The van der Waals surface area contributed by atoms with E-state index in [4.69, 9.17) is 9.94 Å². The van der Waals surface area contributed by atoms with Gasteiger partial charge in [0.15, 0.2) is 0 Å². The molecule has 0 saturated heterocycles. The topological polar surface area (TPSA) is 41.8 Å². The highest BCUT2D eigenvalue weighted by atomic mass is 16.5. The quantitative estimate of drug-likeness (QED) is 0.470. The van der Waals surface area contributed by atoms with E-state index >= 15 is 0 Å². The van der Waals surface area contributed by atoms with Crippen molar-refractivity contribution in [1.82, 2.24) is 0 Å². The average molecular weight is 221 g/mol. The fourth-order valence-electron chi connectivity index (χ4n) is 1.37. The van der Waals surface area contributed by atoms with Gasteiger partial charge in [-0.1, -0.05) is 19.0 Å². The molecule has 16 heavy (non-hydrogen) atoms. The molecular formula is C13H19NO2. The van der Waals surface area contributed by atoms with Crippen molar-refractivity contribution in [3.63, 3.8) is 0 Å². The summed E-state index contributed by atoms with van der Waals surface area (Å²) in [5, 5.41) is 12.0. The molecule has 1 unspecified atom stereocenters. The van der Waals surface area contributed by atoms with Crippen molar-refractivity contribution in [2.24, 2.45) is 5.16 Å². The minimum absolute atomic E-state index is 0.225. The summed E-state index contributed by atoms with van der Waals surface area (Å²) in [7, 11) is 0. The number of oxime groups is 1. The second kappa shape index (κ2) is 6.16. The van der Waals surface area contributed by atoms with Crippen LogP contribution < -0.4 is 4.74 Å². The summed E-state index contributed by atoms with van der Waals surface area (Å²) in [4.78, 5) is 0. The number of hydrogen-bond acceptors (Lipinski definition) is 3. The highest BCUT2D eigenvalue weighted by Gasteiger charge is 2.04. The first-order chi connectivity index (χ1) is 7.71. The third-order valence-electron chi connectivity index (χ3n) is 2.56. The predicted octanol–water partition coefficient (Wildman–Crippen LogP) is 3.45. The van der Waals surface area contributed by atoms with Gasteiger partial charge in [0.25, 0.3) is 0 Å². The van der Waals surface area contributed by atoms with Crippen molar-refractivity contribution in [3.05, 3.63) is 29.8 Å². The lowest BCUT2D eigenvalue weighted by Gasteiger charge is -2.12. The molecule has 0 bridgehead atoms. The van der Waals surface area contributed by atoms with E-state index in [1.807, 2.05) is 38.1 Å². The maximum atomic E-state index is 8.79. The van der Waals surface area contributed by atoms with Crippen LogP contribution >= 0.6 is 0 Å². The van der Waals surface area contributed by atoms with Gasteiger partial charge in [-0.15, -0.1) is 0 Å². The Labute approximate surface area is 96.7 Å². The van der Waals surface area contributed by atoms with E-state index in [0.717, 1.165) is 17.7 Å². The van der Waals surface area contributed by atoms with Crippen molar-refractivity contribution in [3.8, 4) is 5.75 Å². The second-order valence-corrected chi connectivity index (χ2v) is 3.76. The van der Waals surface area contributed by atoms with Gasteiger partial charge in [0.2, 0.25) is 0 Å². The van der Waals surface area contributed by atoms with Gasteiger partial charge in [0, 0.05) is 0 Å². The Hall–Kier alpha value is -1.51. The summed E-state index contributed by atoms with van der Waals surface area (Å²) in [6.45, 7) is 6.09. The van der Waals surface area contributed by atoms with E-state index < -0.39 is 0 Å². The lowest BCUT2D eigenvalue weighted by molar-refractivity contribution is 0.217. The summed E-state index contributed by atoms with van der Waals surface area (Å²) < 4.78 is 5.66. The zero-order chi connectivity index (χ0) is 12.0. The molecule has 1 atom stereocenters. The number of benzene rings is 1. The standard InChI is InChI=1S/C13H19NO2/c1-4-10(3)16-12-8-6-11(7-9-12)13(5-2)14-15/h6-10,15H,4-5H2,1-3H3/b14-13+. The Bertz CT molecular complexity index is 343. The molecule has 0 aliphatic heterocycles. The maximum absolute atomic E-state index is 8.79. The van der Waals surface area contributed by atoms with Crippen molar-refractivity contribution < 1.29 is 9.94 Å². The molecule has 0 aliphatic carbocycles. The van der Waals surface area contributed by atoms with Gasteiger partial charge in [0.05, 0.1) is 11.8 Å². The molecule has 0 spiro atoms. The zero-order valence-corrected chi connectivity index (χ0v) is 10.1. The molecule has 0 radical (unpaired) electrons. The first kappa shape index (κ1) is 12.6. The third kappa shape index (κ3) is 3.26. The molecule has 3 nitrogen and oxygen atoms in total. The molecule has 0 aromatic heterocycles. The Balaban J connectivity index is 2.75. The minimum atomic E-state index is 0.225. The molecule has 0 amide bonds. The Morgan fingerprint density at radius 1 is 1.31 bits per heavy atom. The Morgan fingerprint density at radius 2 is 1.94 bits per heavy atom. The van der Waals surface area contributed by atoms with Gasteiger partial charge in [0.1, 0.15) is 5.75 Å². The summed E-state index contributed by atoms with van der Waals surface area (Å²) in [6, 6.07) is 7.64. The van der Waals surface area contributed by atoms with Crippen molar-refractivity contribution >= 4 is 5.71 Å². The molecule has 0 fully saturated rings. The second-order valence-electron chi connectivity index (χ2n) is 3.76. The minimum Gasteiger partial charge on any atom is -0.491 e. The average Bonchev–Trinajstić information content (AvgIpc) is 2.32. The van der Waals surface area contributed by atoms with Crippen LogP contribution in [0.2, 0.25) is 0 Å². The normalized spacial score (nSPS) is 13.6. The van der Waals surface area contributed by atoms with Gasteiger partial charge in [-0.3, -0.25) is 0 Å². The van der Waals surface area contributed by atoms with Crippen LogP contribution in [0.5, 0.6) is 5.75 Å². The molecule has 88 valence electrons. The van der Waals surface area contributed by atoms with Gasteiger partial charge in [-0.2, -0.15) is 0 Å². The fourth-order valence-corrected chi connectivity index (χ4v) is 1.37. The monoisotopic (exact) mass is 221 g/mol. The summed E-state index contributed by atoms with van der Waals surface area (Å²) in [6.07, 6.45) is 1.92. The van der Waals surface area contributed by atoms with Crippen LogP contribution in [0.3, 0.4) is 0 Å². The van der Waals surface area contributed by atoms with Gasteiger partial charge >= 0.3 is 0 Å². The van der Waals surface area contributed by atoms with Crippen LogP contribution in [0, 0.1) is 0 Å². The van der Waals surface area contributed by atoms with Crippen molar-refractivity contribution in [2.75, 3.05) is 0 Å². The van der Waals surface area contributed by atoms with Crippen LogP contribution in [-0.4, -0.2) is 17.0 Å². The molecule has 0 aliphatic rings. The first-order valence-electron chi connectivity index (χ1n) is 5.69. The van der Waals surface area contributed by atoms with Crippen LogP contribution in [0.1, 0.15) is 39.2 Å². The summed E-state index contributed by atoms with van der Waals surface area (Å²) in [5.41, 5.74) is 1.62. The molecule has 1 aromatic rings. The third-order valence-corrected chi connectivity index (χ3v) is 2.56. The fraction of sp³-hybridized carbons (Fsp3) is 0.462. The van der Waals surface area contributed by atoms with Crippen LogP contribution in [0.15, 0.2) is 29.4 Å². The number of nitrogens with zero attached hydrogens (tertiary/aromatic N) is 1. The lowest BCUT2D eigenvalue weighted by Crippen LogP contribution is -2.09. The van der Waals surface area contributed by atoms with E-state index in [1.54, 1.807) is 0 Å². The molecule has 0 saturated carbocycles. The van der Waals surface area contributed by atoms with Crippen LogP contribution in [-0.2, 0) is 0 Å². The van der Waals surface area contributed by atoms with Gasteiger partial charge in [-0.05, 0) is 49.6 Å². The number of hydrogen-bond donors (Lipinski definition) is 1. The number of rotatable bonds is 5.